The molecule has 0 amide bonds. The molecule has 2 atom stereocenters. The number of rotatable bonds is 0. The fraction of sp³-hybridized carbons (Fsp3) is 0.400. The number of aliphatic hydroxyl groups is 1. The first-order valence-electron chi connectivity index (χ1n) is 4.44. The van der Waals surface area contributed by atoms with E-state index >= 15 is 0 Å². The minimum absolute atomic E-state index is 0.181. The highest BCUT2D eigenvalue weighted by Crippen LogP contribution is 2.31. The van der Waals surface area contributed by atoms with Crippen LogP contribution in [0.5, 0.6) is 0 Å². The topological polar surface area (TPSA) is 49.5 Å². The van der Waals surface area contributed by atoms with Crippen LogP contribution >= 0.6 is 0 Å². The van der Waals surface area contributed by atoms with Crippen molar-refractivity contribution in [2.75, 3.05) is 18.5 Å². The molecule has 0 aromatic heterocycles. The first kappa shape index (κ1) is 8.53. The van der Waals surface area contributed by atoms with Crippen LogP contribution in [0.4, 0.5) is 5.69 Å². The number of hydrogen-bond donors (Lipinski definition) is 2. The van der Waals surface area contributed by atoms with Gasteiger partial charge >= 0.3 is 0 Å². The molecule has 3 N–H and O–H groups in total. The van der Waals surface area contributed by atoms with Gasteiger partial charge < -0.3 is 15.7 Å². The Balaban J connectivity index is 2.47. The molecule has 13 heavy (non-hydrogen) atoms. The summed E-state index contributed by atoms with van der Waals surface area (Å²) in [5, 5.41) is 9.80. The third-order valence-corrected chi connectivity index (χ3v) is 2.56. The molecule has 0 saturated heterocycles. The molecule has 0 saturated carbocycles. The number of aliphatic hydroxyl groups excluding tert-OH is 1. The number of benzene rings is 1. The number of fused-ring (bicyclic) bond motifs is 1. The summed E-state index contributed by atoms with van der Waals surface area (Å²) >= 11 is 0. The van der Waals surface area contributed by atoms with Crippen molar-refractivity contribution in [2.24, 2.45) is 5.73 Å². The summed E-state index contributed by atoms with van der Waals surface area (Å²) in [6, 6.07) is 7.65. The molecular weight excluding hydrogens is 164 g/mol. The molecule has 2 unspecified atom stereocenters. The van der Waals surface area contributed by atoms with Crippen molar-refractivity contribution < 1.29 is 5.11 Å². The molecular formula is C10H14N2O. The SMILES string of the molecule is CN1CC(N)C(O)c2ccccc21. The van der Waals surface area contributed by atoms with Crippen LogP contribution < -0.4 is 10.6 Å². The lowest BCUT2D eigenvalue weighted by Crippen LogP contribution is -2.44. The average Bonchev–Trinajstić information content (AvgIpc) is 2.15. The van der Waals surface area contributed by atoms with Crippen molar-refractivity contribution in [3.05, 3.63) is 29.8 Å². The van der Waals surface area contributed by atoms with Gasteiger partial charge in [0, 0.05) is 24.8 Å². The van der Waals surface area contributed by atoms with E-state index in [1.165, 1.54) is 0 Å². The van der Waals surface area contributed by atoms with Crippen molar-refractivity contribution in [3.8, 4) is 0 Å². The Hall–Kier alpha value is -1.06. The molecule has 1 heterocycles. The van der Waals surface area contributed by atoms with Crippen molar-refractivity contribution >= 4 is 5.69 Å². The van der Waals surface area contributed by atoms with Gasteiger partial charge in [0.2, 0.25) is 0 Å². The number of hydrogen-bond acceptors (Lipinski definition) is 3. The molecule has 0 fully saturated rings. The summed E-state index contributed by atoms with van der Waals surface area (Å²) in [5.74, 6) is 0. The maximum absolute atomic E-state index is 9.80. The lowest BCUT2D eigenvalue weighted by Gasteiger charge is -2.34. The highest BCUT2D eigenvalue weighted by molar-refractivity contribution is 5.56. The molecule has 0 aliphatic carbocycles. The van der Waals surface area contributed by atoms with E-state index in [2.05, 4.69) is 4.90 Å². The molecule has 1 aromatic rings. The highest BCUT2D eigenvalue weighted by atomic mass is 16.3. The van der Waals surface area contributed by atoms with E-state index in [9.17, 15) is 5.11 Å². The van der Waals surface area contributed by atoms with Gasteiger partial charge in [0.05, 0.1) is 12.1 Å². The predicted octanol–water partition coefficient (Wildman–Crippen LogP) is 0.497. The molecule has 0 spiro atoms. The van der Waals surface area contributed by atoms with Crippen LogP contribution in [0.2, 0.25) is 0 Å². The Morgan fingerprint density at radius 2 is 2.15 bits per heavy atom. The molecule has 0 bridgehead atoms. The van der Waals surface area contributed by atoms with Gasteiger partial charge in [-0.05, 0) is 6.07 Å². The zero-order valence-corrected chi connectivity index (χ0v) is 7.64. The summed E-state index contributed by atoms with van der Waals surface area (Å²) in [6.07, 6.45) is -0.521. The van der Waals surface area contributed by atoms with Gasteiger partial charge in [-0.2, -0.15) is 0 Å². The van der Waals surface area contributed by atoms with E-state index in [0.29, 0.717) is 6.54 Å². The lowest BCUT2D eigenvalue weighted by molar-refractivity contribution is 0.143. The number of likely N-dealkylation sites (N-methyl/N-ethyl adjacent to an activating group) is 1. The van der Waals surface area contributed by atoms with Crippen LogP contribution in [0, 0.1) is 0 Å². The van der Waals surface area contributed by atoms with Crippen molar-refractivity contribution in [1.82, 2.24) is 0 Å². The van der Waals surface area contributed by atoms with E-state index < -0.39 is 6.10 Å². The van der Waals surface area contributed by atoms with E-state index in [-0.39, 0.29) is 6.04 Å². The monoisotopic (exact) mass is 178 g/mol. The Bertz CT molecular complexity index is 314. The summed E-state index contributed by atoms with van der Waals surface area (Å²) in [6.45, 7) is 0.707. The quantitative estimate of drug-likeness (QED) is 0.608. The van der Waals surface area contributed by atoms with Crippen molar-refractivity contribution in [1.29, 1.82) is 0 Å². The standard InChI is InChI=1S/C10H14N2O/c1-12-6-8(11)10(13)7-4-2-3-5-9(7)12/h2-5,8,10,13H,6,11H2,1H3. The zero-order chi connectivity index (χ0) is 9.42. The Labute approximate surface area is 77.8 Å². The van der Waals surface area contributed by atoms with Crippen LogP contribution in [-0.2, 0) is 0 Å². The zero-order valence-electron chi connectivity index (χ0n) is 7.64. The second-order valence-corrected chi connectivity index (χ2v) is 3.55. The first-order chi connectivity index (χ1) is 6.20. The fourth-order valence-electron chi connectivity index (χ4n) is 1.83. The summed E-state index contributed by atoms with van der Waals surface area (Å²) < 4.78 is 0. The fourth-order valence-corrected chi connectivity index (χ4v) is 1.83. The van der Waals surface area contributed by atoms with Crippen LogP contribution in [0.15, 0.2) is 24.3 Å². The van der Waals surface area contributed by atoms with Crippen LogP contribution in [0.1, 0.15) is 11.7 Å². The van der Waals surface area contributed by atoms with Crippen molar-refractivity contribution in [2.45, 2.75) is 12.1 Å². The number of para-hydroxylation sites is 1. The third-order valence-electron chi connectivity index (χ3n) is 2.56. The summed E-state index contributed by atoms with van der Waals surface area (Å²) in [5.41, 5.74) is 7.81. The first-order valence-corrected chi connectivity index (χ1v) is 4.44. The number of nitrogens with two attached hydrogens (primary N) is 1. The van der Waals surface area contributed by atoms with Gasteiger partial charge in [0.15, 0.2) is 0 Å². The molecule has 2 rings (SSSR count). The minimum atomic E-state index is -0.521. The predicted molar refractivity (Wildman–Crippen MR) is 52.6 cm³/mol. The minimum Gasteiger partial charge on any atom is -0.387 e. The van der Waals surface area contributed by atoms with Crippen LogP contribution in [0.3, 0.4) is 0 Å². The maximum atomic E-state index is 9.80. The molecule has 1 aliphatic heterocycles. The van der Waals surface area contributed by atoms with Crippen LogP contribution in [0.25, 0.3) is 0 Å². The Morgan fingerprint density at radius 1 is 1.46 bits per heavy atom. The average molecular weight is 178 g/mol. The van der Waals surface area contributed by atoms with E-state index in [0.717, 1.165) is 11.3 Å². The molecule has 1 aliphatic rings. The van der Waals surface area contributed by atoms with E-state index in [4.69, 9.17) is 5.73 Å². The van der Waals surface area contributed by atoms with Crippen molar-refractivity contribution in [3.63, 3.8) is 0 Å². The molecule has 1 aromatic carbocycles. The third kappa shape index (κ3) is 1.30. The summed E-state index contributed by atoms with van der Waals surface area (Å²) in [7, 11) is 1.99. The van der Waals surface area contributed by atoms with Gasteiger partial charge in [-0.25, -0.2) is 0 Å². The van der Waals surface area contributed by atoms with Crippen LogP contribution in [-0.4, -0.2) is 24.7 Å². The maximum Gasteiger partial charge on any atom is 0.0978 e. The van der Waals surface area contributed by atoms with E-state index in [1.807, 2.05) is 31.3 Å². The Kier molecular flexibility index (Phi) is 1.98. The molecule has 70 valence electrons. The molecule has 0 radical (unpaired) electrons. The van der Waals surface area contributed by atoms with Gasteiger partial charge in [0.25, 0.3) is 0 Å². The summed E-state index contributed by atoms with van der Waals surface area (Å²) in [4.78, 5) is 2.08. The van der Waals surface area contributed by atoms with Gasteiger partial charge in [0.1, 0.15) is 0 Å². The van der Waals surface area contributed by atoms with Gasteiger partial charge in [-0.15, -0.1) is 0 Å². The second-order valence-electron chi connectivity index (χ2n) is 3.55. The lowest BCUT2D eigenvalue weighted by atomic mass is 9.96. The van der Waals surface area contributed by atoms with Gasteiger partial charge in [-0.1, -0.05) is 18.2 Å². The molecule has 3 nitrogen and oxygen atoms in total. The smallest absolute Gasteiger partial charge is 0.0978 e. The van der Waals surface area contributed by atoms with Gasteiger partial charge in [-0.3, -0.25) is 0 Å². The number of anilines is 1. The highest BCUT2D eigenvalue weighted by Gasteiger charge is 2.27. The normalized spacial score (nSPS) is 27.2. The largest absolute Gasteiger partial charge is 0.387 e. The molecule has 3 heteroatoms. The second kappa shape index (κ2) is 3.01. The number of nitrogens with zero attached hydrogens (tertiary/aromatic N) is 1. The van der Waals surface area contributed by atoms with E-state index in [1.54, 1.807) is 0 Å². The Morgan fingerprint density at radius 3 is 2.92 bits per heavy atom.